The number of hydrogen-bond acceptors (Lipinski definition) is 4. The molecule has 4 heteroatoms. The van der Waals surface area contributed by atoms with E-state index in [1.54, 1.807) is 0 Å². The molecule has 19 heavy (non-hydrogen) atoms. The largest absolute Gasteiger partial charge is 0.374 e. The minimum absolute atomic E-state index is 0.158. The molecule has 110 valence electrons. The maximum atomic E-state index is 6.05. The molecule has 0 amide bonds. The highest BCUT2D eigenvalue weighted by Gasteiger charge is 2.36. The molecule has 0 radical (unpaired) electrons. The van der Waals surface area contributed by atoms with Gasteiger partial charge in [0.15, 0.2) is 0 Å². The minimum Gasteiger partial charge on any atom is -0.374 e. The van der Waals surface area contributed by atoms with Crippen LogP contribution in [0, 0.1) is 0 Å². The Balaban J connectivity index is 2.84. The predicted octanol–water partition coefficient (Wildman–Crippen LogP) is 3.28. The van der Waals surface area contributed by atoms with Crippen LogP contribution >= 0.6 is 11.3 Å². The van der Waals surface area contributed by atoms with E-state index in [1.165, 1.54) is 9.75 Å². The monoisotopic (exact) mass is 284 g/mol. The minimum atomic E-state index is -0.167. The van der Waals surface area contributed by atoms with Crippen molar-refractivity contribution < 1.29 is 4.74 Å². The normalized spacial score (nSPS) is 13.7. The first-order valence-corrected chi connectivity index (χ1v) is 8.15. The van der Waals surface area contributed by atoms with E-state index in [0.717, 1.165) is 32.3 Å². The van der Waals surface area contributed by atoms with E-state index in [0.29, 0.717) is 0 Å². The highest BCUT2D eigenvalue weighted by atomic mass is 32.1. The van der Waals surface area contributed by atoms with Crippen LogP contribution in [0.3, 0.4) is 0 Å². The number of ether oxygens (including phenoxy) is 1. The van der Waals surface area contributed by atoms with E-state index in [-0.39, 0.29) is 11.6 Å². The fraction of sp³-hybridized carbons (Fsp3) is 0.733. The van der Waals surface area contributed by atoms with E-state index in [1.807, 2.05) is 18.3 Å². The van der Waals surface area contributed by atoms with Crippen LogP contribution in [0.1, 0.15) is 50.3 Å². The molecule has 1 heterocycles. The molecule has 0 aliphatic heterocycles. The van der Waals surface area contributed by atoms with Crippen LogP contribution in [0.2, 0.25) is 0 Å². The zero-order valence-corrected chi connectivity index (χ0v) is 13.5. The van der Waals surface area contributed by atoms with E-state index in [2.05, 4.69) is 38.3 Å². The van der Waals surface area contributed by atoms with Crippen LogP contribution in [0.4, 0.5) is 0 Å². The zero-order chi connectivity index (χ0) is 14.3. The van der Waals surface area contributed by atoms with Gasteiger partial charge < -0.3 is 4.74 Å². The summed E-state index contributed by atoms with van der Waals surface area (Å²) < 4.78 is 6.05. The Morgan fingerprint density at radius 1 is 1.21 bits per heavy atom. The predicted molar refractivity (Wildman–Crippen MR) is 83.5 cm³/mol. The van der Waals surface area contributed by atoms with E-state index in [9.17, 15) is 0 Å². The number of nitrogens with two attached hydrogens (primary N) is 1. The maximum absolute atomic E-state index is 6.05. The summed E-state index contributed by atoms with van der Waals surface area (Å²) in [5, 5.41) is 0. The molecule has 0 spiro atoms. The van der Waals surface area contributed by atoms with Gasteiger partial charge in [0.1, 0.15) is 0 Å². The molecule has 0 aliphatic rings. The third-order valence-corrected chi connectivity index (χ3v) is 5.19. The van der Waals surface area contributed by atoms with Crippen LogP contribution in [-0.2, 0) is 17.6 Å². The molecular formula is C15H28N2OS. The molecule has 3 N–H and O–H groups in total. The van der Waals surface area contributed by atoms with Crippen LogP contribution in [0.25, 0.3) is 0 Å². The van der Waals surface area contributed by atoms with Crippen LogP contribution in [0.15, 0.2) is 12.1 Å². The van der Waals surface area contributed by atoms with Gasteiger partial charge in [0.05, 0.1) is 11.6 Å². The third kappa shape index (κ3) is 4.02. The average Bonchev–Trinajstić information content (AvgIpc) is 2.90. The Hall–Kier alpha value is -0.420. The van der Waals surface area contributed by atoms with Gasteiger partial charge in [-0.25, -0.2) is 0 Å². The molecule has 3 nitrogen and oxygen atoms in total. The number of hydrazine groups is 1. The zero-order valence-electron chi connectivity index (χ0n) is 12.7. The lowest BCUT2D eigenvalue weighted by atomic mass is 9.86. The summed E-state index contributed by atoms with van der Waals surface area (Å²) in [5.74, 6) is 5.80. The maximum Gasteiger partial charge on any atom is 0.0846 e. The Labute approximate surface area is 121 Å². The van der Waals surface area contributed by atoms with Crippen molar-refractivity contribution in [3.63, 3.8) is 0 Å². The smallest absolute Gasteiger partial charge is 0.0846 e. The molecule has 1 atom stereocenters. The molecule has 1 aromatic heterocycles. The van der Waals surface area contributed by atoms with Gasteiger partial charge in [-0.3, -0.25) is 11.3 Å². The van der Waals surface area contributed by atoms with E-state index in [4.69, 9.17) is 10.6 Å². The molecule has 0 bridgehead atoms. The lowest BCUT2D eigenvalue weighted by molar-refractivity contribution is -0.0718. The summed E-state index contributed by atoms with van der Waals surface area (Å²) in [4.78, 5) is 2.81. The van der Waals surface area contributed by atoms with Gasteiger partial charge in [0.25, 0.3) is 0 Å². The first-order chi connectivity index (χ1) is 9.15. The Bertz CT molecular complexity index is 361. The number of aryl methyl sites for hydroxylation is 1. The van der Waals surface area contributed by atoms with Crippen LogP contribution in [0.5, 0.6) is 0 Å². The molecular weight excluding hydrogens is 256 g/mol. The van der Waals surface area contributed by atoms with E-state index < -0.39 is 0 Å². The van der Waals surface area contributed by atoms with E-state index >= 15 is 0 Å². The molecule has 0 saturated heterocycles. The average molecular weight is 284 g/mol. The molecule has 1 unspecified atom stereocenters. The fourth-order valence-electron chi connectivity index (χ4n) is 2.66. The first kappa shape index (κ1) is 16.6. The van der Waals surface area contributed by atoms with Crippen molar-refractivity contribution in [2.45, 2.75) is 65.0 Å². The van der Waals surface area contributed by atoms with Gasteiger partial charge in [0, 0.05) is 22.8 Å². The SMILES string of the molecule is CCOC(CC)(CC)C(Cc1ccc(CC)s1)NN. The van der Waals surface area contributed by atoms with Crippen LogP contribution < -0.4 is 11.3 Å². The summed E-state index contributed by atoms with van der Waals surface area (Å²) in [5.41, 5.74) is 2.82. The highest BCUT2D eigenvalue weighted by molar-refractivity contribution is 7.11. The molecule has 1 aromatic rings. The van der Waals surface area contributed by atoms with Gasteiger partial charge in [-0.1, -0.05) is 20.8 Å². The number of nitrogens with one attached hydrogen (secondary N) is 1. The third-order valence-electron chi connectivity index (χ3n) is 3.94. The Morgan fingerprint density at radius 2 is 1.84 bits per heavy atom. The Kier molecular flexibility index (Phi) is 7.00. The van der Waals surface area contributed by atoms with Crippen molar-refractivity contribution >= 4 is 11.3 Å². The van der Waals surface area contributed by atoms with Gasteiger partial charge in [-0.05, 0) is 38.3 Å². The van der Waals surface area contributed by atoms with Crippen molar-refractivity contribution in [3.05, 3.63) is 21.9 Å². The van der Waals surface area contributed by atoms with Gasteiger partial charge in [0.2, 0.25) is 0 Å². The van der Waals surface area contributed by atoms with Gasteiger partial charge in [-0.15, -0.1) is 11.3 Å². The van der Waals surface area contributed by atoms with Gasteiger partial charge in [-0.2, -0.15) is 0 Å². The second kappa shape index (κ2) is 8.00. The number of hydrogen-bond donors (Lipinski definition) is 2. The lowest BCUT2D eigenvalue weighted by Gasteiger charge is -2.39. The van der Waals surface area contributed by atoms with Crippen molar-refractivity contribution in [1.29, 1.82) is 0 Å². The molecule has 1 rings (SSSR count). The highest BCUT2D eigenvalue weighted by Crippen LogP contribution is 2.29. The first-order valence-electron chi connectivity index (χ1n) is 7.33. The fourth-order valence-corrected chi connectivity index (χ4v) is 3.66. The number of thiophene rings is 1. The summed E-state index contributed by atoms with van der Waals surface area (Å²) in [6.07, 6.45) is 3.98. The van der Waals surface area contributed by atoms with Crippen molar-refractivity contribution in [1.82, 2.24) is 5.43 Å². The second-order valence-electron chi connectivity index (χ2n) is 4.85. The molecule has 0 aromatic carbocycles. The summed E-state index contributed by atoms with van der Waals surface area (Å²) in [6, 6.07) is 4.59. The van der Waals surface area contributed by atoms with Crippen molar-refractivity contribution in [2.24, 2.45) is 5.84 Å². The van der Waals surface area contributed by atoms with Crippen molar-refractivity contribution in [3.8, 4) is 0 Å². The quantitative estimate of drug-likeness (QED) is 0.540. The second-order valence-corrected chi connectivity index (χ2v) is 6.10. The summed E-state index contributed by atoms with van der Waals surface area (Å²) in [7, 11) is 0. The standard InChI is InChI=1S/C15H28N2OS/c1-5-12-9-10-13(19-12)11-14(17-16)15(6-2,7-3)18-8-4/h9-10,14,17H,5-8,11,16H2,1-4H3. The molecule has 0 saturated carbocycles. The summed E-state index contributed by atoms with van der Waals surface area (Å²) >= 11 is 1.88. The summed E-state index contributed by atoms with van der Waals surface area (Å²) in [6.45, 7) is 9.32. The number of rotatable bonds is 9. The van der Waals surface area contributed by atoms with Gasteiger partial charge >= 0.3 is 0 Å². The molecule has 0 fully saturated rings. The molecule has 0 aliphatic carbocycles. The van der Waals surface area contributed by atoms with Crippen LogP contribution in [-0.4, -0.2) is 18.2 Å². The van der Waals surface area contributed by atoms with Crippen molar-refractivity contribution in [2.75, 3.05) is 6.61 Å². The lowest BCUT2D eigenvalue weighted by Crippen LogP contribution is -2.55. The Morgan fingerprint density at radius 3 is 2.26 bits per heavy atom. The topological polar surface area (TPSA) is 47.3 Å².